The van der Waals surface area contributed by atoms with E-state index in [1.807, 2.05) is 0 Å². The van der Waals surface area contributed by atoms with Crippen LogP contribution in [0.3, 0.4) is 0 Å². The fourth-order valence-electron chi connectivity index (χ4n) is 1.51. The summed E-state index contributed by atoms with van der Waals surface area (Å²) in [7, 11) is 0. The zero-order valence-electron chi connectivity index (χ0n) is 5.56. The SMILES string of the molecule is N[C@H]1CO[C@H]2[C@@H]1OC[C@H]2O. The summed E-state index contributed by atoms with van der Waals surface area (Å²) in [5, 5.41) is 9.21. The van der Waals surface area contributed by atoms with Crippen LogP contribution in [-0.2, 0) is 9.47 Å². The molecule has 0 aromatic rings. The average Bonchev–Trinajstić information content (AvgIpc) is 2.41. The second-order valence-electron chi connectivity index (χ2n) is 2.83. The number of rotatable bonds is 0. The van der Waals surface area contributed by atoms with Crippen molar-refractivity contribution in [3.8, 4) is 0 Å². The highest BCUT2D eigenvalue weighted by atomic mass is 16.6. The maximum Gasteiger partial charge on any atom is 0.113 e. The van der Waals surface area contributed by atoms with Crippen LogP contribution in [0.25, 0.3) is 0 Å². The van der Waals surface area contributed by atoms with Crippen LogP contribution >= 0.6 is 0 Å². The zero-order chi connectivity index (χ0) is 7.14. The first-order chi connectivity index (χ1) is 4.79. The van der Waals surface area contributed by atoms with E-state index in [4.69, 9.17) is 15.2 Å². The lowest BCUT2D eigenvalue weighted by Crippen LogP contribution is -2.36. The Morgan fingerprint density at radius 2 is 1.90 bits per heavy atom. The molecule has 10 heavy (non-hydrogen) atoms. The fraction of sp³-hybridized carbons (Fsp3) is 1.00. The van der Waals surface area contributed by atoms with E-state index in [0.29, 0.717) is 13.2 Å². The number of nitrogens with two attached hydrogens (primary N) is 1. The molecule has 2 aliphatic rings. The van der Waals surface area contributed by atoms with Gasteiger partial charge in [0.25, 0.3) is 0 Å². The summed E-state index contributed by atoms with van der Waals surface area (Å²) in [5.74, 6) is 0. The molecule has 2 aliphatic heterocycles. The normalized spacial score (nSPS) is 53.4. The van der Waals surface area contributed by atoms with E-state index in [0.717, 1.165) is 0 Å². The van der Waals surface area contributed by atoms with Gasteiger partial charge in [0.2, 0.25) is 0 Å². The van der Waals surface area contributed by atoms with Crippen molar-refractivity contribution in [3.63, 3.8) is 0 Å². The van der Waals surface area contributed by atoms with Crippen molar-refractivity contribution >= 4 is 0 Å². The minimum absolute atomic E-state index is 0.0536. The average molecular weight is 145 g/mol. The van der Waals surface area contributed by atoms with Gasteiger partial charge in [-0.3, -0.25) is 0 Å². The van der Waals surface area contributed by atoms with E-state index >= 15 is 0 Å². The zero-order valence-corrected chi connectivity index (χ0v) is 5.56. The molecular weight excluding hydrogens is 134 g/mol. The molecule has 2 saturated heterocycles. The van der Waals surface area contributed by atoms with Gasteiger partial charge in [-0.15, -0.1) is 0 Å². The lowest BCUT2D eigenvalue weighted by atomic mass is 10.1. The Morgan fingerprint density at radius 1 is 1.20 bits per heavy atom. The summed E-state index contributed by atoms with van der Waals surface area (Å²) in [6.07, 6.45) is -0.719. The Bertz CT molecular complexity index is 125. The largest absolute Gasteiger partial charge is 0.388 e. The highest BCUT2D eigenvalue weighted by molar-refractivity contribution is 4.95. The van der Waals surface area contributed by atoms with E-state index < -0.39 is 6.10 Å². The first-order valence-corrected chi connectivity index (χ1v) is 3.46. The van der Waals surface area contributed by atoms with Gasteiger partial charge in [0.05, 0.1) is 19.3 Å². The Kier molecular flexibility index (Phi) is 1.42. The Labute approximate surface area is 58.9 Å². The summed E-state index contributed by atoms with van der Waals surface area (Å²) in [6.45, 7) is 0.870. The third-order valence-corrected chi connectivity index (χ3v) is 2.07. The van der Waals surface area contributed by atoms with Crippen molar-refractivity contribution in [3.05, 3.63) is 0 Å². The number of hydrogen-bond acceptors (Lipinski definition) is 4. The van der Waals surface area contributed by atoms with Gasteiger partial charge in [-0.2, -0.15) is 0 Å². The molecule has 2 heterocycles. The van der Waals surface area contributed by atoms with Gasteiger partial charge < -0.3 is 20.3 Å². The topological polar surface area (TPSA) is 64.7 Å². The maximum atomic E-state index is 9.21. The van der Waals surface area contributed by atoms with Crippen LogP contribution in [0.4, 0.5) is 0 Å². The molecule has 3 N–H and O–H groups in total. The molecule has 0 amide bonds. The molecule has 58 valence electrons. The summed E-state index contributed by atoms with van der Waals surface area (Å²) < 4.78 is 10.4. The molecule has 0 aliphatic carbocycles. The predicted octanol–water partition coefficient (Wildman–Crippen LogP) is -1.53. The number of ether oxygens (including phenoxy) is 2. The van der Waals surface area contributed by atoms with Crippen LogP contribution in [-0.4, -0.2) is 42.7 Å². The number of fused-ring (bicyclic) bond motifs is 1. The molecule has 4 heteroatoms. The van der Waals surface area contributed by atoms with Gasteiger partial charge >= 0.3 is 0 Å². The second kappa shape index (κ2) is 2.17. The minimum atomic E-state index is -0.474. The molecular formula is C6H11NO3. The van der Waals surface area contributed by atoms with E-state index in [1.54, 1.807) is 0 Å². The molecule has 2 rings (SSSR count). The molecule has 0 bridgehead atoms. The standard InChI is InChI=1S/C6H11NO3/c7-3-1-9-6-4(8)2-10-5(3)6/h3-6,8H,1-2,7H2/t3-,4+,5+,6+/m0/s1. The van der Waals surface area contributed by atoms with Crippen LogP contribution in [0.15, 0.2) is 0 Å². The molecule has 4 nitrogen and oxygen atoms in total. The first-order valence-electron chi connectivity index (χ1n) is 3.46. The van der Waals surface area contributed by atoms with Crippen molar-refractivity contribution in [2.24, 2.45) is 5.73 Å². The van der Waals surface area contributed by atoms with Gasteiger partial charge in [0.1, 0.15) is 18.3 Å². The van der Waals surface area contributed by atoms with Crippen LogP contribution < -0.4 is 5.73 Å². The highest BCUT2D eigenvalue weighted by Gasteiger charge is 2.45. The van der Waals surface area contributed by atoms with Gasteiger partial charge in [-0.25, -0.2) is 0 Å². The lowest BCUT2D eigenvalue weighted by Gasteiger charge is -2.10. The van der Waals surface area contributed by atoms with E-state index in [9.17, 15) is 5.11 Å². The quantitative estimate of drug-likeness (QED) is 0.434. The van der Waals surface area contributed by atoms with Crippen LogP contribution in [0.2, 0.25) is 0 Å². The number of hydrogen-bond donors (Lipinski definition) is 2. The Balaban J connectivity index is 2.09. The van der Waals surface area contributed by atoms with E-state index in [1.165, 1.54) is 0 Å². The molecule has 0 spiro atoms. The van der Waals surface area contributed by atoms with Crippen LogP contribution in [0.1, 0.15) is 0 Å². The summed E-state index contributed by atoms with van der Waals surface area (Å²) >= 11 is 0. The molecule has 2 fully saturated rings. The lowest BCUT2D eigenvalue weighted by molar-refractivity contribution is 0.0182. The van der Waals surface area contributed by atoms with Crippen molar-refractivity contribution < 1.29 is 14.6 Å². The minimum Gasteiger partial charge on any atom is -0.388 e. The summed E-state index contributed by atoms with van der Waals surface area (Å²) in [4.78, 5) is 0. The fourth-order valence-corrected chi connectivity index (χ4v) is 1.51. The molecule has 0 radical (unpaired) electrons. The Morgan fingerprint density at radius 3 is 2.60 bits per heavy atom. The van der Waals surface area contributed by atoms with Gasteiger partial charge in [-0.1, -0.05) is 0 Å². The molecule has 4 atom stereocenters. The van der Waals surface area contributed by atoms with E-state index in [-0.39, 0.29) is 18.2 Å². The van der Waals surface area contributed by atoms with Gasteiger partial charge in [-0.05, 0) is 0 Å². The van der Waals surface area contributed by atoms with Crippen LogP contribution in [0.5, 0.6) is 0 Å². The predicted molar refractivity (Wildman–Crippen MR) is 33.5 cm³/mol. The monoisotopic (exact) mass is 145 g/mol. The molecule has 0 aromatic carbocycles. The third-order valence-electron chi connectivity index (χ3n) is 2.07. The molecule has 0 saturated carbocycles. The third kappa shape index (κ3) is 0.769. The maximum absolute atomic E-state index is 9.21. The first kappa shape index (κ1) is 6.54. The van der Waals surface area contributed by atoms with Crippen molar-refractivity contribution in [2.45, 2.75) is 24.4 Å². The van der Waals surface area contributed by atoms with Gasteiger partial charge in [0, 0.05) is 0 Å². The molecule has 0 unspecified atom stereocenters. The smallest absolute Gasteiger partial charge is 0.113 e. The van der Waals surface area contributed by atoms with E-state index in [2.05, 4.69) is 0 Å². The van der Waals surface area contributed by atoms with Crippen molar-refractivity contribution in [2.75, 3.05) is 13.2 Å². The van der Waals surface area contributed by atoms with Crippen molar-refractivity contribution in [1.82, 2.24) is 0 Å². The van der Waals surface area contributed by atoms with Crippen molar-refractivity contribution in [1.29, 1.82) is 0 Å². The summed E-state index contributed by atoms with van der Waals surface area (Å²) in [5.41, 5.74) is 5.62. The Hall–Kier alpha value is -0.160. The van der Waals surface area contributed by atoms with Crippen LogP contribution in [0, 0.1) is 0 Å². The molecule has 0 aromatic heterocycles. The summed E-state index contributed by atoms with van der Waals surface area (Å²) in [6, 6.07) is -0.0536. The second-order valence-corrected chi connectivity index (χ2v) is 2.83. The number of aliphatic hydroxyl groups excluding tert-OH is 1. The van der Waals surface area contributed by atoms with Gasteiger partial charge in [0.15, 0.2) is 0 Å². The number of aliphatic hydroxyl groups is 1. The highest BCUT2D eigenvalue weighted by Crippen LogP contribution is 2.25.